The van der Waals surface area contributed by atoms with Crippen LogP contribution in [0.5, 0.6) is 0 Å². The summed E-state index contributed by atoms with van der Waals surface area (Å²) in [6.45, 7) is 6.77. The number of ether oxygens (including phenoxy) is 1. The molecular formula is C15H23NO2. The minimum atomic E-state index is 0.0942. The molecule has 1 aromatic rings. The molecule has 100 valence electrons. The summed E-state index contributed by atoms with van der Waals surface area (Å²) in [4.78, 5) is 2.33. The highest BCUT2D eigenvalue weighted by Gasteiger charge is 2.25. The van der Waals surface area contributed by atoms with E-state index in [9.17, 15) is 5.11 Å². The van der Waals surface area contributed by atoms with Crippen molar-refractivity contribution in [2.24, 2.45) is 0 Å². The highest BCUT2D eigenvalue weighted by atomic mass is 16.5. The maximum Gasteiger partial charge on any atom is 0.0755 e. The van der Waals surface area contributed by atoms with Gasteiger partial charge in [0, 0.05) is 12.2 Å². The molecule has 0 radical (unpaired) electrons. The molecule has 1 fully saturated rings. The summed E-state index contributed by atoms with van der Waals surface area (Å²) in [6, 6.07) is 6.61. The molecule has 0 bridgehead atoms. The van der Waals surface area contributed by atoms with E-state index in [1.54, 1.807) is 0 Å². The first-order valence-electron chi connectivity index (χ1n) is 6.87. The average Bonchev–Trinajstić information content (AvgIpc) is 2.46. The van der Waals surface area contributed by atoms with E-state index in [0.29, 0.717) is 6.61 Å². The van der Waals surface area contributed by atoms with Crippen molar-refractivity contribution in [3.63, 3.8) is 0 Å². The third-order valence-corrected chi connectivity index (χ3v) is 3.69. The normalized spacial score (nSPS) is 20.2. The SMILES string of the molecule is CCc1cccc(CC)c1N1CCOCC1CO. The average molecular weight is 249 g/mol. The van der Waals surface area contributed by atoms with Gasteiger partial charge in [-0.15, -0.1) is 0 Å². The summed E-state index contributed by atoms with van der Waals surface area (Å²) in [5, 5.41) is 9.53. The molecule has 1 unspecified atom stereocenters. The zero-order chi connectivity index (χ0) is 13.0. The summed E-state index contributed by atoms with van der Waals surface area (Å²) in [5.74, 6) is 0. The van der Waals surface area contributed by atoms with Crippen LogP contribution in [0.3, 0.4) is 0 Å². The minimum Gasteiger partial charge on any atom is -0.394 e. The Balaban J connectivity index is 2.40. The Hall–Kier alpha value is -1.06. The van der Waals surface area contributed by atoms with Crippen molar-refractivity contribution in [1.29, 1.82) is 0 Å². The molecule has 1 aromatic carbocycles. The van der Waals surface area contributed by atoms with Gasteiger partial charge in [0.15, 0.2) is 0 Å². The number of nitrogens with zero attached hydrogens (tertiary/aromatic N) is 1. The van der Waals surface area contributed by atoms with Gasteiger partial charge in [0.05, 0.1) is 25.9 Å². The quantitative estimate of drug-likeness (QED) is 0.886. The van der Waals surface area contributed by atoms with Crippen molar-refractivity contribution in [1.82, 2.24) is 0 Å². The number of aliphatic hydroxyl groups excluding tert-OH is 1. The van der Waals surface area contributed by atoms with Crippen molar-refractivity contribution in [2.45, 2.75) is 32.7 Å². The Morgan fingerprint density at radius 1 is 1.28 bits per heavy atom. The lowest BCUT2D eigenvalue weighted by Gasteiger charge is -2.38. The Labute approximate surface area is 109 Å². The molecule has 1 N–H and O–H groups in total. The van der Waals surface area contributed by atoms with E-state index in [4.69, 9.17) is 4.74 Å². The number of anilines is 1. The van der Waals surface area contributed by atoms with Crippen LogP contribution < -0.4 is 4.90 Å². The molecule has 1 aliphatic heterocycles. The topological polar surface area (TPSA) is 32.7 Å². The fourth-order valence-corrected chi connectivity index (χ4v) is 2.68. The third-order valence-electron chi connectivity index (χ3n) is 3.69. The molecule has 18 heavy (non-hydrogen) atoms. The van der Waals surface area contributed by atoms with Crippen molar-refractivity contribution in [3.8, 4) is 0 Å². The van der Waals surface area contributed by atoms with Gasteiger partial charge in [-0.25, -0.2) is 0 Å². The smallest absolute Gasteiger partial charge is 0.0755 e. The van der Waals surface area contributed by atoms with E-state index in [-0.39, 0.29) is 12.6 Å². The highest BCUT2D eigenvalue weighted by Crippen LogP contribution is 2.29. The van der Waals surface area contributed by atoms with Gasteiger partial charge in [0.25, 0.3) is 0 Å². The zero-order valence-electron chi connectivity index (χ0n) is 11.4. The van der Waals surface area contributed by atoms with Gasteiger partial charge in [-0.1, -0.05) is 32.0 Å². The number of aryl methyl sites for hydroxylation is 2. The first kappa shape index (κ1) is 13.4. The van der Waals surface area contributed by atoms with Gasteiger partial charge in [0.1, 0.15) is 0 Å². The van der Waals surface area contributed by atoms with Gasteiger partial charge in [-0.2, -0.15) is 0 Å². The second-order valence-electron chi connectivity index (χ2n) is 4.74. The van der Waals surface area contributed by atoms with Gasteiger partial charge in [-0.3, -0.25) is 0 Å². The molecule has 0 amide bonds. The fraction of sp³-hybridized carbons (Fsp3) is 0.600. The van der Waals surface area contributed by atoms with Gasteiger partial charge >= 0.3 is 0 Å². The molecule has 0 aliphatic carbocycles. The zero-order valence-corrected chi connectivity index (χ0v) is 11.4. The van der Waals surface area contributed by atoms with E-state index in [0.717, 1.165) is 26.0 Å². The molecule has 2 rings (SSSR count). The molecule has 1 atom stereocenters. The van der Waals surface area contributed by atoms with Crippen LogP contribution in [-0.2, 0) is 17.6 Å². The van der Waals surface area contributed by atoms with Crippen LogP contribution in [0.2, 0.25) is 0 Å². The molecular weight excluding hydrogens is 226 g/mol. The van der Waals surface area contributed by atoms with Crippen LogP contribution >= 0.6 is 0 Å². The number of morpholine rings is 1. The molecule has 1 aliphatic rings. The third kappa shape index (κ3) is 2.52. The van der Waals surface area contributed by atoms with Crippen LogP contribution in [0.1, 0.15) is 25.0 Å². The molecule has 1 heterocycles. The Bertz CT molecular complexity index is 370. The number of aliphatic hydroxyl groups is 1. The lowest BCUT2D eigenvalue weighted by Crippen LogP contribution is -2.48. The number of para-hydroxylation sites is 1. The van der Waals surface area contributed by atoms with Gasteiger partial charge in [-0.05, 0) is 24.0 Å². The predicted octanol–water partition coefficient (Wildman–Crippen LogP) is 2.01. The number of hydrogen-bond donors (Lipinski definition) is 1. The lowest BCUT2D eigenvalue weighted by molar-refractivity contribution is 0.0725. The number of benzene rings is 1. The van der Waals surface area contributed by atoms with Crippen LogP contribution in [0, 0.1) is 0 Å². The summed E-state index contributed by atoms with van der Waals surface area (Å²) < 4.78 is 5.47. The number of hydrogen-bond acceptors (Lipinski definition) is 3. The Morgan fingerprint density at radius 2 is 1.94 bits per heavy atom. The van der Waals surface area contributed by atoms with E-state index in [1.807, 2.05) is 0 Å². The van der Waals surface area contributed by atoms with Crippen LogP contribution in [0.15, 0.2) is 18.2 Å². The standard InChI is InChI=1S/C15H23NO2/c1-3-12-6-5-7-13(4-2)15(12)16-8-9-18-11-14(16)10-17/h5-7,14,17H,3-4,8-11H2,1-2H3. The Morgan fingerprint density at radius 3 is 2.50 bits per heavy atom. The lowest BCUT2D eigenvalue weighted by atomic mass is 10.00. The van der Waals surface area contributed by atoms with Crippen molar-refractivity contribution < 1.29 is 9.84 Å². The van der Waals surface area contributed by atoms with E-state index >= 15 is 0 Å². The molecule has 3 nitrogen and oxygen atoms in total. The molecule has 0 spiro atoms. The van der Waals surface area contributed by atoms with Crippen molar-refractivity contribution in [3.05, 3.63) is 29.3 Å². The highest BCUT2D eigenvalue weighted by molar-refractivity contribution is 5.61. The number of rotatable bonds is 4. The van der Waals surface area contributed by atoms with Crippen molar-refractivity contribution in [2.75, 3.05) is 31.3 Å². The first-order chi connectivity index (χ1) is 8.81. The maximum atomic E-state index is 9.53. The minimum absolute atomic E-state index is 0.0942. The van der Waals surface area contributed by atoms with Crippen LogP contribution in [0.4, 0.5) is 5.69 Å². The summed E-state index contributed by atoms with van der Waals surface area (Å²) in [6.07, 6.45) is 2.05. The van der Waals surface area contributed by atoms with Crippen LogP contribution in [-0.4, -0.2) is 37.5 Å². The largest absolute Gasteiger partial charge is 0.394 e. The maximum absolute atomic E-state index is 9.53. The second-order valence-corrected chi connectivity index (χ2v) is 4.74. The van der Waals surface area contributed by atoms with Crippen molar-refractivity contribution >= 4 is 5.69 Å². The van der Waals surface area contributed by atoms with Gasteiger partial charge < -0.3 is 14.7 Å². The van der Waals surface area contributed by atoms with Crippen LogP contribution in [0.25, 0.3) is 0 Å². The summed E-state index contributed by atoms with van der Waals surface area (Å²) >= 11 is 0. The molecule has 3 heteroatoms. The Kier molecular flexibility index (Phi) is 4.61. The summed E-state index contributed by atoms with van der Waals surface area (Å²) in [7, 11) is 0. The molecule has 0 aromatic heterocycles. The second kappa shape index (κ2) is 6.21. The van der Waals surface area contributed by atoms with Gasteiger partial charge in [0.2, 0.25) is 0 Å². The van der Waals surface area contributed by atoms with E-state index in [2.05, 4.69) is 36.9 Å². The summed E-state index contributed by atoms with van der Waals surface area (Å²) in [5.41, 5.74) is 4.06. The van der Waals surface area contributed by atoms with E-state index < -0.39 is 0 Å². The van der Waals surface area contributed by atoms with E-state index in [1.165, 1.54) is 16.8 Å². The molecule has 1 saturated heterocycles. The monoisotopic (exact) mass is 249 g/mol. The fourth-order valence-electron chi connectivity index (χ4n) is 2.68. The molecule has 0 saturated carbocycles. The first-order valence-corrected chi connectivity index (χ1v) is 6.87. The predicted molar refractivity (Wildman–Crippen MR) is 74.2 cm³/mol.